The van der Waals surface area contributed by atoms with Crippen molar-refractivity contribution in [1.29, 1.82) is 0 Å². The Kier molecular flexibility index (Phi) is 6.00. The summed E-state index contributed by atoms with van der Waals surface area (Å²) in [6, 6.07) is 5.52. The van der Waals surface area contributed by atoms with Crippen LogP contribution in [0.15, 0.2) is 23.1 Å². The molecule has 1 fully saturated rings. The second-order valence-corrected chi connectivity index (χ2v) is 9.43. The van der Waals surface area contributed by atoms with E-state index in [0.29, 0.717) is 28.1 Å². The predicted octanol–water partition coefficient (Wildman–Crippen LogP) is 3.51. The van der Waals surface area contributed by atoms with Crippen molar-refractivity contribution in [2.75, 3.05) is 12.0 Å². The van der Waals surface area contributed by atoms with Crippen LogP contribution < -0.4 is 5.32 Å². The van der Waals surface area contributed by atoms with Gasteiger partial charge in [0, 0.05) is 34.7 Å². The molecule has 1 N–H and O–H groups in total. The molecule has 21 heavy (non-hydrogen) atoms. The first-order valence-electron chi connectivity index (χ1n) is 7.24. The molecule has 0 amide bonds. The standard InChI is InChI=1S/C15H22ClNO2S2/c1-3-20-12-8-7-11(9-12)17-10-13-14(16)5-4-6-15(13)21(2,18)19/h4-6,11-12,17H,3,7-10H2,1-2H3. The van der Waals surface area contributed by atoms with E-state index in [4.69, 9.17) is 11.6 Å². The van der Waals surface area contributed by atoms with Crippen molar-refractivity contribution in [3.63, 3.8) is 0 Å². The molecule has 0 bridgehead atoms. The van der Waals surface area contributed by atoms with E-state index in [1.165, 1.54) is 12.7 Å². The van der Waals surface area contributed by atoms with Crippen molar-refractivity contribution in [3.05, 3.63) is 28.8 Å². The zero-order valence-corrected chi connectivity index (χ0v) is 14.8. The maximum Gasteiger partial charge on any atom is 0.175 e. The van der Waals surface area contributed by atoms with Gasteiger partial charge in [-0.25, -0.2) is 8.42 Å². The van der Waals surface area contributed by atoms with Crippen LogP contribution in [0.2, 0.25) is 5.02 Å². The van der Waals surface area contributed by atoms with Gasteiger partial charge in [-0.3, -0.25) is 0 Å². The minimum atomic E-state index is -3.25. The van der Waals surface area contributed by atoms with Gasteiger partial charge in [0.1, 0.15) is 0 Å². The van der Waals surface area contributed by atoms with Gasteiger partial charge in [-0.15, -0.1) is 0 Å². The van der Waals surface area contributed by atoms with Crippen molar-refractivity contribution in [2.45, 2.75) is 48.9 Å². The first-order valence-corrected chi connectivity index (χ1v) is 10.6. The lowest BCUT2D eigenvalue weighted by atomic mass is 10.2. The van der Waals surface area contributed by atoms with E-state index in [9.17, 15) is 8.42 Å². The highest BCUT2D eigenvalue weighted by atomic mass is 35.5. The Morgan fingerprint density at radius 3 is 2.81 bits per heavy atom. The molecule has 0 spiro atoms. The molecule has 1 aliphatic rings. The summed E-state index contributed by atoms with van der Waals surface area (Å²) in [5, 5.41) is 4.72. The molecular formula is C15H22ClNO2S2. The molecule has 2 unspecified atom stereocenters. The third-order valence-electron chi connectivity index (χ3n) is 3.83. The first kappa shape index (κ1) is 17.1. The molecule has 2 rings (SSSR count). The number of nitrogens with one attached hydrogen (secondary N) is 1. The Morgan fingerprint density at radius 2 is 2.14 bits per heavy atom. The van der Waals surface area contributed by atoms with Gasteiger partial charge in [-0.1, -0.05) is 24.6 Å². The fourth-order valence-corrected chi connectivity index (χ4v) is 5.21. The second-order valence-electron chi connectivity index (χ2n) is 5.46. The summed E-state index contributed by atoms with van der Waals surface area (Å²) in [6.45, 7) is 2.70. The molecule has 6 heteroatoms. The molecule has 0 aliphatic heterocycles. The van der Waals surface area contributed by atoms with E-state index in [-0.39, 0.29) is 0 Å². The van der Waals surface area contributed by atoms with Crippen LogP contribution in [-0.2, 0) is 16.4 Å². The highest BCUT2D eigenvalue weighted by Crippen LogP contribution is 2.30. The van der Waals surface area contributed by atoms with E-state index in [2.05, 4.69) is 12.2 Å². The Balaban J connectivity index is 2.04. The molecule has 0 aromatic heterocycles. The van der Waals surface area contributed by atoms with Crippen LogP contribution >= 0.6 is 23.4 Å². The second kappa shape index (κ2) is 7.36. The lowest BCUT2D eigenvalue weighted by molar-refractivity contribution is 0.521. The van der Waals surface area contributed by atoms with E-state index in [0.717, 1.165) is 23.8 Å². The Morgan fingerprint density at radius 1 is 1.38 bits per heavy atom. The number of rotatable bonds is 6. The van der Waals surface area contributed by atoms with Crippen LogP contribution in [0.5, 0.6) is 0 Å². The number of hydrogen-bond acceptors (Lipinski definition) is 4. The van der Waals surface area contributed by atoms with Gasteiger partial charge in [0.25, 0.3) is 0 Å². The number of halogens is 1. The van der Waals surface area contributed by atoms with Crippen LogP contribution in [0.4, 0.5) is 0 Å². The Labute approximate surface area is 136 Å². The summed E-state index contributed by atoms with van der Waals surface area (Å²) >= 11 is 8.20. The molecule has 0 radical (unpaired) electrons. The lowest BCUT2D eigenvalue weighted by Crippen LogP contribution is -2.27. The van der Waals surface area contributed by atoms with Gasteiger partial charge < -0.3 is 5.32 Å². The van der Waals surface area contributed by atoms with E-state index in [1.807, 2.05) is 11.8 Å². The van der Waals surface area contributed by atoms with Crippen LogP contribution in [-0.4, -0.2) is 31.7 Å². The number of benzene rings is 1. The molecule has 118 valence electrons. The van der Waals surface area contributed by atoms with Gasteiger partial charge in [0.05, 0.1) is 4.90 Å². The molecule has 2 atom stereocenters. The number of sulfone groups is 1. The van der Waals surface area contributed by atoms with E-state index in [1.54, 1.807) is 18.2 Å². The molecule has 1 aromatic rings. The Hall–Kier alpha value is -0.230. The van der Waals surface area contributed by atoms with Crippen LogP contribution in [0.25, 0.3) is 0 Å². The van der Waals surface area contributed by atoms with Crippen LogP contribution in [0, 0.1) is 0 Å². The van der Waals surface area contributed by atoms with Gasteiger partial charge in [-0.05, 0) is 37.1 Å². The van der Waals surface area contributed by atoms with Crippen molar-refractivity contribution < 1.29 is 8.42 Å². The molecule has 1 aromatic carbocycles. The third-order valence-corrected chi connectivity index (χ3v) is 6.60. The van der Waals surface area contributed by atoms with E-state index < -0.39 is 9.84 Å². The van der Waals surface area contributed by atoms with Crippen LogP contribution in [0.1, 0.15) is 31.7 Å². The van der Waals surface area contributed by atoms with Gasteiger partial charge in [0.15, 0.2) is 9.84 Å². The van der Waals surface area contributed by atoms with Gasteiger partial charge >= 0.3 is 0 Å². The molecule has 3 nitrogen and oxygen atoms in total. The predicted molar refractivity (Wildman–Crippen MR) is 91.0 cm³/mol. The quantitative estimate of drug-likeness (QED) is 0.855. The van der Waals surface area contributed by atoms with Crippen molar-refractivity contribution in [2.24, 2.45) is 0 Å². The van der Waals surface area contributed by atoms with Crippen molar-refractivity contribution >= 4 is 33.2 Å². The average Bonchev–Trinajstić information content (AvgIpc) is 2.84. The first-order chi connectivity index (χ1) is 9.91. The SMILES string of the molecule is CCSC1CCC(NCc2c(Cl)cccc2S(C)(=O)=O)C1. The fourth-order valence-electron chi connectivity index (χ4n) is 2.82. The average molecular weight is 348 g/mol. The third kappa shape index (κ3) is 4.62. The summed E-state index contributed by atoms with van der Waals surface area (Å²) in [6.07, 6.45) is 4.76. The minimum Gasteiger partial charge on any atom is -0.310 e. The molecule has 0 heterocycles. The van der Waals surface area contributed by atoms with Gasteiger partial charge in [-0.2, -0.15) is 11.8 Å². The molecule has 1 aliphatic carbocycles. The fraction of sp³-hybridized carbons (Fsp3) is 0.600. The topological polar surface area (TPSA) is 46.2 Å². The molecule has 0 saturated heterocycles. The Bertz CT molecular complexity index is 589. The summed E-state index contributed by atoms with van der Waals surface area (Å²) in [4.78, 5) is 0.333. The lowest BCUT2D eigenvalue weighted by Gasteiger charge is -2.16. The molecular weight excluding hydrogens is 326 g/mol. The number of hydrogen-bond donors (Lipinski definition) is 1. The largest absolute Gasteiger partial charge is 0.310 e. The number of thioether (sulfide) groups is 1. The summed E-state index contributed by atoms with van der Waals surface area (Å²) in [7, 11) is -3.25. The smallest absolute Gasteiger partial charge is 0.175 e. The summed E-state index contributed by atoms with van der Waals surface area (Å²) in [5.41, 5.74) is 0.688. The maximum atomic E-state index is 11.8. The van der Waals surface area contributed by atoms with Crippen molar-refractivity contribution in [3.8, 4) is 0 Å². The minimum absolute atomic E-state index is 0.333. The monoisotopic (exact) mass is 347 g/mol. The summed E-state index contributed by atoms with van der Waals surface area (Å²) < 4.78 is 23.7. The highest BCUT2D eigenvalue weighted by Gasteiger charge is 2.25. The summed E-state index contributed by atoms with van der Waals surface area (Å²) in [5.74, 6) is 1.15. The maximum absolute atomic E-state index is 11.8. The van der Waals surface area contributed by atoms with E-state index >= 15 is 0 Å². The zero-order chi connectivity index (χ0) is 15.5. The van der Waals surface area contributed by atoms with Crippen molar-refractivity contribution in [1.82, 2.24) is 5.32 Å². The zero-order valence-electron chi connectivity index (χ0n) is 12.4. The van der Waals surface area contributed by atoms with Gasteiger partial charge in [0.2, 0.25) is 0 Å². The molecule has 1 saturated carbocycles. The highest BCUT2D eigenvalue weighted by molar-refractivity contribution is 7.99. The normalized spacial score (nSPS) is 22.6. The van der Waals surface area contributed by atoms with Crippen LogP contribution in [0.3, 0.4) is 0 Å².